The molecule has 0 bridgehead atoms. The standard InChI is InChI=1S/C20H21NO3S2/c1-20(23)11-14(7-8-24-20)15-10-19(25-12-15)26-16-4-5-17-13(9-16)3-6-18(22)21(17)2/h3-6,9-10,12,14,23H,7-8,11H2,1-2H3. The van der Waals surface area contributed by atoms with Crippen molar-refractivity contribution in [2.45, 2.75) is 40.6 Å². The van der Waals surface area contributed by atoms with Crippen LogP contribution in [-0.4, -0.2) is 22.1 Å². The molecule has 1 aromatic carbocycles. The maximum Gasteiger partial charge on any atom is 0.250 e. The van der Waals surface area contributed by atoms with Gasteiger partial charge in [0.1, 0.15) is 0 Å². The second-order valence-electron chi connectivity index (χ2n) is 6.97. The Morgan fingerprint density at radius 1 is 1.31 bits per heavy atom. The average molecular weight is 388 g/mol. The van der Waals surface area contributed by atoms with Crippen molar-refractivity contribution in [1.82, 2.24) is 4.57 Å². The van der Waals surface area contributed by atoms with Crippen LogP contribution in [0.2, 0.25) is 0 Å². The molecule has 2 unspecified atom stereocenters. The highest BCUT2D eigenvalue weighted by Crippen LogP contribution is 2.40. The van der Waals surface area contributed by atoms with E-state index in [0.29, 0.717) is 18.9 Å². The number of nitrogens with zero attached hydrogens (tertiary/aromatic N) is 1. The van der Waals surface area contributed by atoms with E-state index in [4.69, 9.17) is 4.74 Å². The van der Waals surface area contributed by atoms with E-state index in [0.717, 1.165) is 22.2 Å². The summed E-state index contributed by atoms with van der Waals surface area (Å²) in [6, 6.07) is 11.9. The van der Waals surface area contributed by atoms with Crippen LogP contribution in [-0.2, 0) is 11.8 Å². The minimum absolute atomic E-state index is 0.00754. The summed E-state index contributed by atoms with van der Waals surface area (Å²) in [4.78, 5) is 12.9. The van der Waals surface area contributed by atoms with E-state index in [9.17, 15) is 9.90 Å². The van der Waals surface area contributed by atoms with Crippen molar-refractivity contribution in [2.24, 2.45) is 7.05 Å². The fraction of sp³-hybridized carbons (Fsp3) is 0.350. The molecule has 0 saturated carbocycles. The molecule has 0 amide bonds. The summed E-state index contributed by atoms with van der Waals surface area (Å²) < 4.78 is 8.31. The van der Waals surface area contributed by atoms with Gasteiger partial charge < -0.3 is 14.4 Å². The third kappa shape index (κ3) is 3.60. The van der Waals surface area contributed by atoms with Gasteiger partial charge in [-0.2, -0.15) is 0 Å². The van der Waals surface area contributed by atoms with E-state index in [1.165, 1.54) is 9.77 Å². The molecule has 1 N–H and O–H groups in total. The highest BCUT2D eigenvalue weighted by atomic mass is 32.2. The van der Waals surface area contributed by atoms with Gasteiger partial charge in [-0.15, -0.1) is 11.3 Å². The van der Waals surface area contributed by atoms with Crippen LogP contribution in [0.3, 0.4) is 0 Å². The maximum atomic E-state index is 11.7. The second kappa shape index (κ2) is 6.85. The van der Waals surface area contributed by atoms with Crippen LogP contribution >= 0.6 is 23.1 Å². The Morgan fingerprint density at radius 3 is 2.96 bits per heavy atom. The van der Waals surface area contributed by atoms with Crippen molar-refractivity contribution in [1.29, 1.82) is 0 Å². The molecule has 1 fully saturated rings. The van der Waals surface area contributed by atoms with Crippen molar-refractivity contribution < 1.29 is 9.84 Å². The summed E-state index contributed by atoms with van der Waals surface area (Å²) >= 11 is 3.47. The number of hydrogen-bond donors (Lipinski definition) is 1. The lowest BCUT2D eigenvalue weighted by Gasteiger charge is -2.33. The number of aliphatic hydroxyl groups is 1. The van der Waals surface area contributed by atoms with Crippen molar-refractivity contribution in [3.8, 4) is 0 Å². The first-order valence-corrected chi connectivity index (χ1v) is 10.3. The van der Waals surface area contributed by atoms with Gasteiger partial charge in [-0.25, -0.2) is 0 Å². The van der Waals surface area contributed by atoms with Crippen LogP contribution < -0.4 is 5.56 Å². The number of pyridine rings is 1. The normalized spacial score (nSPS) is 23.4. The molecule has 2 aromatic heterocycles. The first-order valence-electron chi connectivity index (χ1n) is 8.64. The minimum Gasteiger partial charge on any atom is -0.366 e. The lowest BCUT2D eigenvalue weighted by molar-refractivity contribution is -0.215. The molecular weight excluding hydrogens is 366 g/mol. The van der Waals surface area contributed by atoms with E-state index in [1.807, 2.05) is 12.1 Å². The van der Waals surface area contributed by atoms with E-state index < -0.39 is 5.79 Å². The Morgan fingerprint density at radius 2 is 2.15 bits per heavy atom. The molecule has 3 aromatic rings. The summed E-state index contributed by atoms with van der Waals surface area (Å²) in [5, 5.41) is 13.4. The largest absolute Gasteiger partial charge is 0.366 e. The molecule has 136 valence electrons. The molecule has 1 saturated heterocycles. The number of aryl methyl sites for hydroxylation is 1. The van der Waals surface area contributed by atoms with Crippen molar-refractivity contribution in [3.63, 3.8) is 0 Å². The number of fused-ring (bicyclic) bond motifs is 1. The molecule has 26 heavy (non-hydrogen) atoms. The predicted octanol–water partition coefficient (Wildman–Crippen LogP) is 4.35. The van der Waals surface area contributed by atoms with Crippen LogP contribution in [0.5, 0.6) is 0 Å². The molecular formula is C20H21NO3S2. The van der Waals surface area contributed by atoms with E-state index in [1.54, 1.807) is 47.7 Å². The maximum absolute atomic E-state index is 11.7. The number of hydrogen-bond acceptors (Lipinski definition) is 5. The molecule has 0 aliphatic carbocycles. The number of thiophene rings is 1. The molecule has 2 atom stereocenters. The quantitative estimate of drug-likeness (QED) is 0.726. The first-order chi connectivity index (χ1) is 12.4. The van der Waals surface area contributed by atoms with Crippen molar-refractivity contribution in [3.05, 3.63) is 57.7 Å². The summed E-state index contributed by atoms with van der Waals surface area (Å²) in [6.45, 7) is 2.34. The van der Waals surface area contributed by atoms with Crippen LogP contribution in [0.1, 0.15) is 31.2 Å². The summed E-state index contributed by atoms with van der Waals surface area (Å²) in [5.74, 6) is -0.678. The van der Waals surface area contributed by atoms with Crippen LogP contribution in [0.25, 0.3) is 10.9 Å². The summed E-state index contributed by atoms with van der Waals surface area (Å²) in [7, 11) is 1.80. The fourth-order valence-corrected chi connectivity index (χ4v) is 5.56. The second-order valence-corrected chi connectivity index (χ2v) is 9.25. The molecule has 4 rings (SSSR count). The summed E-state index contributed by atoms with van der Waals surface area (Å²) in [6.07, 6.45) is 1.58. The number of ether oxygens (including phenoxy) is 1. The van der Waals surface area contributed by atoms with Gasteiger partial charge in [-0.3, -0.25) is 4.79 Å². The van der Waals surface area contributed by atoms with E-state index >= 15 is 0 Å². The van der Waals surface area contributed by atoms with Gasteiger partial charge in [0.15, 0.2) is 5.79 Å². The lowest BCUT2D eigenvalue weighted by Crippen LogP contribution is -2.35. The number of benzene rings is 1. The van der Waals surface area contributed by atoms with Gasteiger partial charge >= 0.3 is 0 Å². The van der Waals surface area contributed by atoms with Gasteiger partial charge in [0, 0.05) is 24.4 Å². The topological polar surface area (TPSA) is 51.5 Å². The highest BCUT2D eigenvalue weighted by molar-refractivity contribution is 8.01. The SMILES string of the molecule is Cn1c(=O)ccc2cc(Sc3cc(C4CCOC(C)(O)C4)cs3)ccc21. The van der Waals surface area contributed by atoms with Gasteiger partial charge in [-0.05, 0) is 65.9 Å². The zero-order chi connectivity index (χ0) is 18.3. The summed E-state index contributed by atoms with van der Waals surface area (Å²) in [5.41, 5.74) is 2.23. The Hall–Kier alpha value is -1.60. The molecule has 1 aliphatic rings. The zero-order valence-electron chi connectivity index (χ0n) is 14.8. The highest BCUT2D eigenvalue weighted by Gasteiger charge is 2.32. The van der Waals surface area contributed by atoms with Gasteiger partial charge in [-0.1, -0.05) is 11.8 Å². The molecule has 1 aliphatic heterocycles. The van der Waals surface area contributed by atoms with Gasteiger partial charge in [0.25, 0.3) is 5.56 Å². The van der Waals surface area contributed by atoms with Gasteiger partial charge in [0.2, 0.25) is 0 Å². The Balaban J connectivity index is 1.55. The third-order valence-electron chi connectivity index (χ3n) is 4.89. The van der Waals surface area contributed by atoms with Crippen LogP contribution in [0, 0.1) is 0 Å². The first kappa shape index (κ1) is 17.8. The molecule has 4 nitrogen and oxygen atoms in total. The van der Waals surface area contributed by atoms with E-state index in [2.05, 4.69) is 23.6 Å². The Kier molecular flexibility index (Phi) is 4.69. The van der Waals surface area contributed by atoms with Crippen molar-refractivity contribution in [2.75, 3.05) is 6.61 Å². The molecule has 0 radical (unpaired) electrons. The lowest BCUT2D eigenvalue weighted by atomic mass is 9.89. The molecule has 6 heteroatoms. The number of aromatic nitrogens is 1. The smallest absolute Gasteiger partial charge is 0.250 e. The van der Waals surface area contributed by atoms with Gasteiger partial charge in [0.05, 0.1) is 16.3 Å². The Bertz CT molecular complexity index is 1010. The third-order valence-corrected chi connectivity index (χ3v) is 6.97. The average Bonchev–Trinajstić information content (AvgIpc) is 3.06. The van der Waals surface area contributed by atoms with Crippen LogP contribution in [0.15, 0.2) is 55.7 Å². The van der Waals surface area contributed by atoms with Crippen molar-refractivity contribution >= 4 is 34.0 Å². The monoisotopic (exact) mass is 387 g/mol. The van der Waals surface area contributed by atoms with E-state index in [-0.39, 0.29) is 5.56 Å². The Labute approximate surface area is 160 Å². The molecule has 3 heterocycles. The molecule has 0 spiro atoms. The minimum atomic E-state index is -1.02. The fourth-order valence-electron chi connectivity index (χ4n) is 3.46. The number of rotatable bonds is 3. The predicted molar refractivity (Wildman–Crippen MR) is 106 cm³/mol. The zero-order valence-corrected chi connectivity index (χ0v) is 16.4. The van der Waals surface area contributed by atoms with Crippen LogP contribution in [0.4, 0.5) is 0 Å².